The van der Waals surface area contributed by atoms with Crippen molar-refractivity contribution in [1.29, 1.82) is 0 Å². The zero-order valence-electron chi connectivity index (χ0n) is 13.3. The van der Waals surface area contributed by atoms with Crippen molar-refractivity contribution < 1.29 is 9.53 Å². The maximum Gasteiger partial charge on any atom is 0.375 e. The zero-order valence-corrected chi connectivity index (χ0v) is 15.7. The molecule has 23 heavy (non-hydrogen) atoms. The van der Waals surface area contributed by atoms with E-state index in [1.807, 2.05) is 29.2 Å². The maximum absolute atomic E-state index is 12.1. The lowest BCUT2D eigenvalue weighted by atomic mass is 10.3. The number of hydrogen-bond acceptors (Lipinski definition) is 5. The molecular formula is C15H22BrClN4O2. The van der Waals surface area contributed by atoms with Crippen LogP contribution in [-0.2, 0) is 9.53 Å². The van der Waals surface area contributed by atoms with E-state index in [9.17, 15) is 4.79 Å². The number of ether oxygens (including phenoxy) is 1. The van der Waals surface area contributed by atoms with Crippen LogP contribution < -0.4 is 5.43 Å². The molecule has 1 heterocycles. The predicted octanol–water partition coefficient (Wildman–Crippen LogP) is 2.41. The fraction of sp³-hybridized carbons (Fsp3) is 0.467. The largest absolute Gasteiger partial charge is 0.460 e. The van der Waals surface area contributed by atoms with Crippen molar-refractivity contribution in [3.8, 4) is 0 Å². The minimum atomic E-state index is -0.392. The third-order valence-corrected chi connectivity index (χ3v) is 3.92. The van der Waals surface area contributed by atoms with E-state index >= 15 is 0 Å². The molecule has 1 aliphatic rings. The Labute approximate surface area is 151 Å². The van der Waals surface area contributed by atoms with Crippen LogP contribution in [0.2, 0.25) is 0 Å². The van der Waals surface area contributed by atoms with Gasteiger partial charge in [-0.3, -0.25) is 5.43 Å². The first-order valence-corrected chi connectivity index (χ1v) is 8.09. The topological polar surface area (TPSA) is 57.2 Å². The number of hydrazone groups is 1. The molecule has 0 saturated carbocycles. The number of likely N-dealkylation sites (N-methyl/N-ethyl adjacent to an activating group) is 1. The van der Waals surface area contributed by atoms with E-state index in [-0.39, 0.29) is 12.4 Å². The molecule has 1 fully saturated rings. The van der Waals surface area contributed by atoms with Crippen LogP contribution in [0.1, 0.15) is 6.92 Å². The van der Waals surface area contributed by atoms with Gasteiger partial charge in [-0.15, -0.1) is 17.5 Å². The van der Waals surface area contributed by atoms with E-state index in [0.717, 1.165) is 36.3 Å². The number of esters is 1. The van der Waals surface area contributed by atoms with E-state index < -0.39 is 5.97 Å². The summed E-state index contributed by atoms with van der Waals surface area (Å²) in [5, 5.41) is 4.28. The van der Waals surface area contributed by atoms with Gasteiger partial charge in [0.2, 0.25) is 5.84 Å². The quantitative estimate of drug-likeness (QED) is 0.362. The summed E-state index contributed by atoms with van der Waals surface area (Å²) in [5.41, 5.74) is 3.75. The number of carbonyl (C=O) groups is 1. The standard InChI is InChI=1S/C15H21BrN4O2.ClH/c1-3-22-15(21)14(20-10-8-19(2)9-11-20)18-17-13-6-4-12(16)5-7-13;/h4-7,17H,3,8-11H2,1-2H3;1H/b18-14+;. The number of nitrogens with one attached hydrogen (secondary N) is 1. The van der Waals surface area contributed by atoms with Crippen LogP contribution in [0.25, 0.3) is 0 Å². The van der Waals surface area contributed by atoms with Crippen LogP contribution in [-0.4, -0.2) is 61.4 Å². The van der Waals surface area contributed by atoms with Gasteiger partial charge in [0.1, 0.15) is 0 Å². The molecule has 0 aromatic heterocycles. The van der Waals surface area contributed by atoms with Gasteiger partial charge in [0.05, 0.1) is 12.3 Å². The summed E-state index contributed by atoms with van der Waals surface area (Å²) in [6.07, 6.45) is 0. The summed E-state index contributed by atoms with van der Waals surface area (Å²) in [7, 11) is 2.07. The number of halogens is 2. The van der Waals surface area contributed by atoms with Crippen LogP contribution in [0.15, 0.2) is 33.8 Å². The molecule has 8 heteroatoms. The van der Waals surface area contributed by atoms with Gasteiger partial charge in [0.25, 0.3) is 0 Å². The minimum absolute atomic E-state index is 0. The molecule has 1 N–H and O–H groups in total. The van der Waals surface area contributed by atoms with E-state index in [2.05, 4.69) is 38.4 Å². The normalized spacial score (nSPS) is 15.8. The van der Waals surface area contributed by atoms with Gasteiger partial charge in [-0.2, -0.15) is 0 Å². The summed E-state index contributed by atoms with van der Waals surface area (Å²) >= 11 is 3.39. The monoisotopic (exact) mass is 404 g/mol. The van der Waals surface area contributed by atoms with Crippen molar-refractivity contribution in [1.82, 2.24) is 9.80 Å². The second-order valence-electron chi connectivity index (χ2n) is 5.06. The van der Waals surface area contributed by atoms with Crippen molar-refractivity contribution in [3.63, 3.8) is 0 Å². The lowest BCUT2D eigenvalue weighted by molar-refractivity contribution is -0.136. The summed E-state index contributed by atoms with van der Waals surface area (Å²) < 4.78 is 6.11. The van der Waals surface area contributed by atoms with E-state index in [4.69, 9.17) is 4.74 Å². The van der Waals surface area contributed by atoms with Crippen LogP contribution in [0.5, 0.6) is 0 Å². The molecule has 0 amide bonds. The first-order valence-electron chi connectivity index (χ1n) is 7.30. The fourth-order valence-corrected chi connectivity index (χ4v) is 2.37. The Morgan fingerprint density at radius 2 is 1.87 bits per heavy atom. The number of piperazine rings is 1. The number of nitrogens with zero attached hydrogens (tertiary/aromatic N) is 3. The molecule has 128 valence electrons. The lowest BCUT2D eigenvalue weighted by Gasteiger charge is -2.33. The van der Waals surface area contributed by atoms with Crippen molar-refractivity contribution in [2.45, 2.75) is 6.92 Å². The number of carbonyl (C=O) groups excluding carboxylic acids is 1. The molecule has 0 atom stereocenters. The zero-order chi connectivity index (χ0) is 15.9. The van der Waals surface area contributed by atoms with E-state index in [0.29, 0.717) is 12.4 Å². The Balaban J connectivity index is 0.00000264. The summed E-state index contributed by atoms with van der Waals surface area (Å²) in [4.78, 5) is 16.3. The molecule has 0 aliphatic carbocycles. The van der Waals surface area contributed by atoms with Gasteiger partial charge in [-0.25, -0.2) is 4.79 Å². The third kappa shape index (κ3) is 6.01. The first-order chi connectivity index (χ1) is 10.6. The lowest BCUT2D eigenvalue weighted by Crippen LogP contribution is -2.50. The highest BCUT2D eigenvalue weighted by Crippen LogP contribution is 2.14. The molecule has 1 aromatic rings. The smallest absolute Gasteiger partial charge is 0.375 e. The maximum atomic E-state index is 12.1. The van der Waals surface area contributed by atoms with Crippen LogP contribution in [0.3, 0.4) is 0 Å². The molecule has 6 nitrogen and oxygen atoms in total. The predicted molar refractivity (Wildman–Crippen MR) is 98.2 cm³/mol. The highest BCUT2D eigenvalue weighted by atomic mass is 79.9. The van der Waals surface area contributed by atoms with Crippen molar-refractivity contribution >= 4 is 45.8 Å². The van der Waals surface area contributed by atoms with Crippen molar-refractivity contribution in [3.05, 3.63) is 28.7 Å². The van der Waals surface area contributed by atoms with Gasteiger partial charge in [-0.1, -0.05) is 15.9 Å². The van der Waals surface area contributed by atoms with Crippen molar-refractivity contribution in [2.75, 3.05) is 45.3 Å². The van der Waals surface area contributed by atoms with Gasteiger partial charge < -0.3 is 14.5 Å². The summed E-state index contributed by atoms with van der Waals surface area (Å²) in [5.74, 6) is -0.0606. The number of hydrogen-bond donors (Lipinski definition) is 1. The molecule has 1 aromatic carbocycles. The Morgan fingerprint density at radius 1 is 1.26 bits per heavy atom. The number of benzene rings is 1. The average molecular weight is 406 g/mol. The van der Waals surface area contributed by atoms with Crippen LogP contribution in [0.4, 0.5) is 5.69 Å². The molecular weight excluding hydrogens is 384 g/mol. The highest BCUT2D eigenvalue weighted by molar-refractivity contribution is 9.10. The third-order valence-electron chi connectivity index (χ3n) is 3.40. The average Bonchev–Trinajstić information content (AvgIpc) is 2.51. The Bertz CT molecular complexity index is 531. The molecule has 0 spiro atoms. The SMILES string of the molecule is CCOC(=O)/C(=N\Nc1ccc(Br)cc1)N1CCN(C)CC1.Cl. The molecule has 0 radical (unpaired) electrons. The molecule has 1 aliphatic heterocycles. The molecule has 0 bridgehead atoms. The van der Waals surface area contributed by atoms with E-state index in [1.54, 1.807) is 6.92 Å². The fourth-order valence-electron chi connectivity index (χ4n) is 2.10. The Kier molecular flexibility index (Phi) is 8.36. The van der Waals surface area contributed by atoms with Gasteiger partial charge >= 0.3 is 5.97 Å². The molecule has 2 rings (SSSR count). The minimum Gasteiger partial charge on any atom is -0.460 e. The van der Waals surface area contributed by atoms with Gasteiger partial charge in [-0.05, 0) is 38.2 Å². The summed E-state index contributed by atoms with van der Waals surface area (Å²) in [6, 6.07) is 7.61. The van der Waals surface area contributed by atoms with Crippen molar-refractivity contribution in [2.24, 2.45) is 5.10 Å². The molecule has 1 saturated heterocycles. The number of anilines is 1. The number of rotatable bonds is 3. The number of amidine groups is 1. The Morgan fingerprint density at radius 3 is 2.43 bits per heavy atom. The second kappa shape index (κ2) is 9.75. The van der Waals surface area contributed by atoms with Gasteiger partial charge in [0, 0.05) is 30.7 Å². The first kappa shape index (κ1) is 19.7. The van der Waals surface area contributed by atoms with Crippen LogP contribution >= 0.6 is 28.3 Å². The summed E-state index contributed by atoms with van der Waals surface area (Å²) in [6.45, 7) is 5.45. The Hall–Kier alpha value is -1.31. The molecule has 0 unspecified atom stereocenters. The second-order valence-corrected chi connectivity index (χ2v) is 5.98. The van der Waals surface area contributed by atoms with E-state index in [1.165, 1.54) is 0 Å². The highest BCUT2D eigenvalue weighted by Gasteiger charge is 2.24. The van der Waals surface area contributed by atoms with Crippen LogP contribution in [0, 0.1) is 0 Å². The van der Waals surface area contributed by atoms with Gasteiger partial charge in [0.15, 0.2) is 0 Å².